The highest BCUT2D eigenvalue weighted by Crippen LogP contribution is 2.24. The first-order valence-electron chi connectivity index (χ1n) is 6.28. The zero-order valence-electron chi connectivity index (χ0n) is 11.4. The summed E-state index contributed by atoms with van der Waals surface area (Å²) in [6.45, 7) is 0. The van der Waals surface area contributed by atoms with E-state index in [2.05, 4.69) is 0 Å². The molecule has 0 amide bonds. The van der Waals surface area contributed by atoms with Gasteiger partial charge >= 0.3 is 5.97 Å². The molecule has 8 heteroatoms. The number of nitro groups is 1. The zero-order valence-corrected chi connectivity index (χ0v) is 13.0. The first-order chi connectivity index (χ1) is 10.9. The number of esters is 1. The van der Waals surface area contributed by atoms with Crippen molar-refractivity contribution in [3.05, 3.63) is 74.8 Å². The standard InChI is InChI=1S/C15H9Cl2NO5/c16-11-5-1-10(2-6-11)15(20)23-13(14(17)19)9-3-7-12(8-4-9)18(21)22/h1-8,13H. The molecule has 1 unspecified atom stereocenters. The summed E-state index contributed by atoms with van der Waals surface area (Å²) in [6.07, 6.45) is -1.36. The molecule has 0 aliphatic rings. The van der Waals surface area contributed by atoms with Gasteiger partial charge in [-0.2, -0.15) is 0 Å². The van der Waals surface area contributed by atoms with E-state index in [0.717, 1.165) is 0 Å². The van der Waals surface area contributed by atoms with Crippen molar-refractivity contribution >= 4 is 40.1 Å². The van der Waals surface area contributed by atoms with Gasteiger partial charge in [-0.3, -0.25) is 14.9 Å². The fourth-order valence-corrected chi connectivity index (χ4v) is 2.07. The van der Waals surface area contributed by atoms with Crippen LogP contribution < -0.4 is 0 Å². The summed E-state index contributed by atoms with van der Waals surface area (Å²) in [4.78, 5) is 33.6. The van der Waals surface area contributed by atoms with Crippen molar-refractivity contribution in [3.63, 3.8) is 0 Å². The van der Waals surface area contributed by atoms with Crippen molar-refractivity contribution in [3.8, 4) is 0 Å². The second kappa shape index (κ2) is 7.21. The maximum absolute atomic E-state index is 12.0. The molecule has 23 heavy (non-hydrogen) atoms. The highest BCUT2D eigenvalue weighted by molar-refractivity contribution is 6.64. The minimum Gasteiger partial charge on any atom is -0.444 e. The van der Waals surface area contributed by atoms with Crippen molar-refractivity contribution in [2.24, 2.45) is 0 Å². The summed E-state index contributed by atoms with van der Waals surface area (Å²) >= 11 is 11.2. The van der Waals surface area contributed by atoms with Crippen LogP contribution in [0.4, 0.5) is 5.69 Å². The summed E-state index contributed by atoms with van der Waals surface area (Å²) in [5.41, 5.74) is 0.274. The summed E-state index contributed by atoms with van der Waals surface area (Å²) in [5.74, 6) is -0.765. The largest absolute Gasteiger partial charge is 0.444 e. The quantitative estimate of drug-likeness (QED) is 0.352. The third-order valence-corrected chi connectivity index (χ3v) is 3.37. The molecule has 0 aliphatic heterocycles. The smallest absolute Gasteiger partial charge is 0.339 e. The number of rotatable bonds is 5. The summed E-state index contributed by atoms with van der Waals surface area (Å²) in [5, 5.41) is 10.2. The van der Waals surface area contributed by atoms with Crippen LogP contribution in [0.5, 0.6) is 0 Å². The number of carbonyl (C=O) groups is 2. The van der Waals surface area contributed by atoms with E-state index >= 15 is 0 Å². The fraction of sp³-hybridized carbons (Fsp3) is 0.0667. The molecule has 0 radical (unpaired) electrons. The second-order valence-electron chi connectivity index (χ2n) is 4.44. The Morgan fingerprint density at radius 3 is 2.09 bits per heavy atom. The molecule has 6 nitrogen and oxygen atoms in total. The van der Waals surface area contributed by atoms with Gasteiger partial charge in [0.1, 0.15) is 0 Å². The first-order valence-corrected chi connectivity index (χ1v) is 7.04. The Labute approximate surface area is 140 Å². The second-order valence-corrected chi connectivity index (χ2v) is 5.25. The lowest BCUT2D eigenvalue weighted by molar-refractivity contribution is -0.384. The minimum atomic E-state index is -1.36. The zero-order chi connectivity index (χ0) is 17.0. The first kappa shape index (κ1) is 16.9. The summed E-state index contributed by atoms with van der Waals surface area (Å²) in [6, 6.07) is 10.9. The van der Waals surface area contributed by atoms with Gasteiger partial charge < -0.3 is 4.74 Å². The van der Waals surface area contributed by atoms with E-state index in [1.807, 2.05) is 0 Å². The van der Waals surface area contributed by atoms with Crippen LogP contribution in [-0.2, 0) is 9.53 Å². The maximum Gasteiger partial charge on any atom is 0.339 e. The van der Waals surface area contributed by atoms with Gasteiger partial charge in [0, 0.05) is 22.7 Å². The predicted molar refractivity (Wildman–Crippen MR) is 83.6 cm³/mol. The van der Waals surface area contributed by atoms with Crippen LogP contribution in [-0.4, -0.2) is 16.1 Å². The molecule has 0 aromatic heterocycles. The highest BCUT2D eigenvalue weighted by Gasteiger charge is 2.24. The van der Waals surface area contributed by atoms with E-state index in [9.17, 15) is 19.7 Å². The SMILES string of the molecule is O=C(OC(C(=O)Cl)c1ccc([N+](=O)[O-])cc1)c1ccc(Cl)cc1. The molecule has 0 saturated heterocycles. The molecule has 0 bridgehead atoms. The van der Waals surface area contributed by atoms with Crippen LogP contribution in [0, 0.1) is 10.1 Å². The van der Waals surface area contributed by atoms with Crippen LogP contribution in [0.2, 0.25) is 5.02 Å². The fourth-order valence-electron chi connectivity index (χ4n) is 1.78. The van der Waals surface area contributed by atoms with Crippen molar-refractivity contribution in [2.45, 2.75) is 6.10 Å². The van der Waals surface area contributed by atoms with Crippen LogP contribution in [0.1, 0.15) is 22.0 Å². The maximum atomic E-state index is 12.0. The van der Waals surface area contributed by atoms with Crippen LogP contribution in [0.15, 0.2) is 48.5 Å². The molecule has 2 aromatic carbocycles. The molecule has 118 valence electrons. The highest BCUT2D eigenvalue weighted by atomic mass is 35.5. The Bertz CT molecular complexity index is 743. The Morgan fingerprint density at radius 2 is 1.61 bits per heavy atom. The van der Waals surface area contributed by atoms with Crippen molar-refractivity contribution in [2.75, 3.05) is 0 Å². The lowest BCUT2D eigenvalue weighted by Crippen LogP contribution is -2.16. The summed E-state index contributed by atoms with van der Waals surface area (Å²) < 4.78 is 5.09. The lowest BCUT2D eigenvalue weighted by atomic mass is 10.1. The summed E-state index contributed by atoms with van der Waals surface area (Å²) in [7, 11) is 0. The lowest BCUT2D eigenvalue weighted by Gasteiger charge is -2.14. The number of halogens is 2. The Hall–Kier alpha value is -2.44. The van der Waals surface area contributed by atoms with E-state index in [1.54, 1.807) is 0 Å². The van der Waals surface area contributed by atoms with Gasteiger partial charge in [-0.25, -0.2) is 4.79 Å². The topological polar surface area (TPSA) is 86.5 Å². The van der Waals surface area contributed by atoms with Crippen LogP contribution >= 0.6 is 23.2 Å². The Balaban J connectivity index is 2.21. The van der Waals surface area contributed by atoms with Crippen LogP contribution in [0.3, 0.4) is 0 Å². The van der Waals surface area contributed by atoms with Gasteiger partial charge in [-0.05, 0) is 48.0 Å². The van der Waals surface area contributed by atoms with E-state index in [1.165, 1.54) is 48.5 Å². The number of hydrogen-bond acceptors (Lipinski definition) is 5. The van der Waals surface area contributed by atoms with E-state index in [0.29, 0.717) is 5.02 Å². The van der Waals surface area contributed by atoms with Gasteiger partial charge in [0.05, 0.1) is 10.5 Å². The molecule has 0 N–H and O–H groups in total. The number of carbonyl (C=O) groups excluding carboxylic acids is 2. The number of nitro benzene ring substituents is 1. The number of benzene rings is 2. The molecule has 0 saturated carbocycles. The average molecular weight is 354 g/mol. The molecular weight excluding hydrogens is 345 g/mol. The predicted octanol–water partition coefficient (Wildman–Crippen LogP) is 3.91. The van der Waals surface area contributed by atoms with E-state index in [-0.39, 0.29) is 16.8 Å². The normalized spacial score (nSPS) is 11.6. The molecule has 0 aliphatic carbocycles. The molecule has 0 fully saturated rings. The molecular formula is C15H9Cl2NO5. The number of hydrogen-bond donors (Lipinski definition) is 0. The third-order valence-electron chi connectivity index (χ3n) is 2.92. The van der Waals surface area contributed by atoms with Gasteiger partial charge in [-0.1, -0.05) is 11.6 Å². The molecule has 0 heterocycles. The van der Waals surface area contributed by atoms with Gasteiger partial charge in [0.25, 0.3) is 10.9 Å². The molecule has 0 spiro atoms. The van der Waals surface area contributed by atoms with Crippen molar-refractivity contribution in [1.29, 1.82) is 0 Å². The molecule has 2 rings (SSSR count). The van der Waals surface area contributed by atoms with E-state index in [4.69, 9.17) is 27.9 Å². The average Bonchev–Trinajstić information content (AvgIpc) is 2.53. The number of nitrogens with zero attached hydrogens (tertiary/aromatic N) is 1. The number of non-ortho nitro benzene ring substituents is 1. The van der Waals surface area contributed by atoms with Gasteiger partial charge in [-0.15, -0.1) is 0 Å². The Morgan fingerprint density at radius 1 is 1.04 bits per heavy atom. The van der Waals surface area contributed by atoms with Crippen LogP contribution in [0.25, 0.3) is 0 Å². The van der Waals surface area contributed by atoms with Gasteiger partial charge in [0.2, 0.25) is 6.10 Å². The molecule has 1 atom stereocenters. The molecule has 2 aromatic rings. The van der Waals surface area contributed by atoms with Crippen molar-refractivity contribution < 1.29 is 19.2 Å². The third kappa shape index (κ3) is 4.28. The van der Waals surface area contributed by atoms with E-state index < -0.39 is 22.2 Å². The monoisotopic (exact) mass is 353 g/mol. The Kier molecular flexibility index (Phi) is 5.31. The number of ether oxygens (including phenoxy) is 1. The minimum absolute atomic E-state index is 0.154. The van der Waals surface area contributed by atoms with Crippen molar-refractivity contribution in [1.82, 2.24) is 0 Å². The van der Waals surface area contributed by atoms with Gasteiger partial charge in [0.15, 0.2) is 0 Å².